The molecule has 1 heterocycles. The molecule has 1 N–H and O–H groups in total. The predicted octanol–water partition coefficient (Wildman–Crippen LogP) is 5.79. The van der Waals surface area contributed by atoms with E-state index in [1.165, 1.54) is 24.6 Å². The van der Waals surface area contributed by atoms with Crippen molar-refractivity contribution in [3.8, 4) is 17.4 Å². The van der Waals surface area contributed by atoms with E-state index >= 15 is 0 Å². The van der Waals surface area contributed by atoms with Gasteiger partial charge in [-0.05, 0) is 54.8 Å². The Labute approximate surface area is 151 Å². The van der Waals surface area contributed by atoms with Crippen molar-refractivity contribution in [3.05, 3.63) is 64.8 Å². The van der Waals surface area contributed by atoms with Gasteiger partial charge in [0.05, 0.1) is 11.9 Å². The number of unbranched alkanes of at least 4 members (excludes halogenated alkanes) is 1. The lowest BCUT2D eigenvalue weighted by atomic mass is 10.1. The summed E-state index contributed by atoms with van der Waals surface area (Å²) in [7, 11) is 0. The lowest BCUT2D eigenvalue weighted by molar-refractivity contribution is 0.337. The van der Waals surface area contributed by atoms with E-state index in [1.54, 1.807) is 24.3 Å². The molecule has 5 heteroatoms. The van der Waals surface area contributed by atoms with Gasteiger partial charge < -0.3 is 9.52 Å². The summed E-state index contributed by atoms with van der Waals surface area (Å²) in [6, 6.07) is 15.1. The average molecular weight is 355 g/mol. The Morgan fingerprint density at radius 1 is 1.12 bits per heavy atom. The number of halogens is 1. The second-order valence-corrected chi connectivity index (χ2v) is 6.18. The first-order chi connectivity index (χ1) is 12.2. The van der Waals surface area contributed by atoms with Gasteiger partial charge >= 0.3 is 5.95 Å². The summed E-state index contributed by atoms with van der Waals surface area (Å²) in [6.45, 7) is 2.18. The van der Waals surface area contributed by atoms with E-state index < -0.39 is 0 Å². The third-order valence-electron chi connectivity index (χ3n) is 3.82. The Kier molecular flexibility index (Phi) is 5.51. The van der Waals surface area contributed by atoms with Crippen LogP contribution in [0.2, 0.25) is 5.02 Å². The van der Waals surface area contributed by atoms with Crippen LogP contribution in [-0.4, -0.2) is 16.3 Å². The second-order valence-electron chi connectivity index (χ2n) is 5.74. The number of oxazole rings is 1. The van der Waals surface area contributed by atoms with Gasteiger partial charge in [0.1, 0.15) is 0 Å². The summed E-state index contributed by atoms with van der Waals surface area (Å²) < 4.78 is 5.30. The van der Waals surface area contributed by atoms with E-state index in [9.17, 15) is 5.11 Å². The molecule has 0 aliphatic carbocycles. The van der Waals surface area contributed by atoms with Gasteiger partial charge in [-0.15, -0.1) is 0 Å². The molecule has 0 aliphatic rings. The summed E-state index contributed by atoms with van der Waals surface area (Å²) in [6.07, 6.45) is 4.94. The summed E-state index contributed by atoms with van der Waals surface area (Å²) in [5, 5.41) is 10.5. The molecule has 3 rings (SSSR count). The van der Waals surface area contributed by atoms with Crippen LogP contribution in [0.4, 0.5) is 5.69 Å². The molecule has 0 fully saturated rings. The summed E-state index contributed by atoms with van der Waals surface area (Å²) >= 11 is 5.87. The average Bonchev–Trinajstić information content (AvgIpc) is 3.00. The maximum absolute atomic E-state index is 9.92. The number of nitrogens with zero attached hydrogens (tertiary/aromatic N) is 2. The fourth-order valence-electron chi connectivity index (χ4n) is 2.39. The second kappa shape index (κ2) is 7.99. The number of benzene rings is 2. The van der Waals surface area contributed by atoms with E-state index in [4.69, 9.17) is 16.0 Å². The van der Waals surface area contributed by atoms with Crippen molar-refractivity contribution in [2.75, 3.05) is 0 Å². The number of aromatic nitrogens is 1. The van der Waals surface area contributed by atoms with E-state index in [2.05, 4.69) is 29.0 Å². The SMILES string of the molecule is CCCCc1ccc(N=Cc2nc(-c3ccc(Cl)cc3)oc2O)cc1. The quantitative estimate of drug-likeness (QED) is 0.569. The van der Waals surface area contributed by atoms with E-state index in [-0.39, 0.29) is 5.95 Å². The minimum absolute atomic E-state index is 0.256. The number of aromatic hydroxyl groups is 1. The molecule has 25 heavy (non-hydrogen) atoms. The van der Waals surface area contributed by atoms with Crippen LogP contribution in [0.5, 0.6) is 5.95 Å². The Balaban J connectivity index is 1.74. The lowest BCUT2D eigenvalue weighted by Crippen LogP contribution is -1.84. The predicted molar refractivity (Wildman–Crippen MR) is 101 cm³/mol. The van der Waals surface area contributed by atoms with Crippen LogP contribution in [0.3, 0.4) is 0 Å². The van der Waals surface area contributed by atoms with Crippen LogP contribution in [0, 0.1) is 0 Å². The standard InChI is InChI=1S/C20H19ClN2O2/c1-2-3-4-14-5-11-17(12-6-14)22-13-18-20(24)25-19(23-18)15-7-9-16(21)10-8-15/h5-13,24H,2-4H2,1H3. The molecule has 4 nitrogen and oxygen atoms in total. The van der Waals surface area contributed by atoms with E-state index in [0.717, 1.165) is 17.7 Å². The highest BCUT2D eigenvalue weighted by Gasteiger charge is 2.12. The molecule has 0 spiro atoms. The van der Waals surface area contributed by atoms with Crippen molar-refractivity contribution in [3.63, 3.8) is 0 Å². The molecule has 2 aromatic carbocycles. The fourth-order valence-corrected chi connectivity index (χ4v) is 2.52. The molecule has 0 saturated carbocycles. The molecule has 0 radical (unpaired) electrons. The molecular formula is C20H19ClN2O2. The minimum Gasteiger partial charge on any atom is -0.479 e. The van der Waals surface area contributed by atoms with Crippen molar-refractivity contribution in [1.29, 1.82) is 0 Å². The first kappa shape index (κ1) is 17.2. The van der Waals surface area contributed by atoms with E-state index in [1.807, 2.05) is 12.1 Å². The third kappa shape index (κ3) is 4.48. The van der Waals surface area contributed by atoms with Gasteiger partial charge in [-0.3, -0.25) is 4.99 Å². The number of aryl methyl sites for hydroxylation is 1. The van der Waals surface area contributed by atoms with Gasteiger partial charge in [-0.2, -0.15) is 0 Å². The van der Waals surface area contributed by atoms with Gasteiger partial charge in [0.25, 0.3) is 0 Å². The number of hydrogen-bond acceptors (Lipinski definition) is 4. The Hall–Kier alpha value is -2.59. The van der Waals surface area contributed by atoms with Crippen molar-refractivity contribution in [1.82, 2.24) is 4.98 Å². The fraction of sp³-hybridized carbons (Fsp3) is 0.200. The molecule has 0 amide bonds. The minimum atomic E-state index is -0.256. The molecule has 0 bridgehead atoms. The maximum Gasteiger partial charge on any atom is 0.312 e. The van der Waals surface area contributed by atoms with Crippen LogP contribution < -0.4 is 0 Å². The van der Waals surface area contributed by atoms with Crippen molar-refractivity contribution >= 4 is 23.5 Å². The normalized spacial score (nSPS) is 11.3. The zero-order valence-corrected chi connectivity index (χ0v) is 14.7. The zero-order valence-electron chi connectivity index (χ0n) is 13.9. The van der Waals surface area contributed by atoms with Crippen molar-refractivity contribution in [2.24, 2.45) is 4.99 Å². The molecule has 1 aromatic heterocycles. The topological polar surface area (TPSA) is 58.6 Å². The van der Waals surface area contributed by atoms with Gasteiger partial charge in [0.2, 0.25) is 5.89 Å². The molecule has 0 unspecified atom stereocenters. The van der Waals surface area contributed by atoms with Gasteiger partial charge in [0.15, 0.2) is 5.69 Å². The first-order valence-corrected chi connectivity index (χ1v) is 8.62. The molecule has 3 aromatic rings. The van der Waals surface area contributed by atoms with Gasteiger partial charge in [0, 0.05) is 10.6 Å². The largest absolute Gasteiger partial charge is 0.479 e. The summed E-state index contributed by atoms with van der Waals surface area (Å²) in [5.74, 6) is 0.0683. The lowest BCUT2D eigenvalue weighted by Gasteiger charge is -1.99. The molecule has 128 valence electrons. The van der Waals surface area contributed by atoms with Gasteiger partial charge in [-0.1, -0.05) is 37.1 Å². The monoisotopic (exact) mass is 354 g/mol. The van der Waals surface area contributed by atoms with Crippen molar-refractivity contribution < 1.29 is 9.52 Å². The summed E-state index contributed by atoms with van der Waals surface area (Å²) in [5.41, 5.74) is 3.13. The highest BCUT2D eigenvalue weighted by Crippen LogP contribution is 2.27. The zero-order chi connectivity index (χ0) is 17.6. The van der Waals surface area contributed by atoms with Crippen LogP contribution >= 0.6 is 11.6 Å². The number of aliphatic imine (C=N–C) groups is 1. The van der Waals surface area contributed by atoms with Crippen molar-refractivity contribution in [2.45, 2.75) is 26.2 Å². The molecular weight excluding hydrogens is 336 g/mol. The smallest absolute Gasteiger partial charge is 0.312 e. The Morgan fingerprint density at radius 2 is 1.84 bits per heavy atom. The number of hydrogen-bond donors (Lipinski definition) is 1. The van der Waals surface area contributed by atoms with Crippen LogP contribution in [0.1, 0.15) is 31.0 Å². The van der Waals surface area contributed by atoms with Gasteiger partial charge in [-0.25, -0.2) is 4.98 Å². The first-order valence-electron chi connectivity index (χ1n) is 8.24. The highest BCUT2D eigenvalue weighted by molar-refractivity contribution is 6.30. The summed E-state index contributed by atoms with van der Waals surface area (Å²) in [4.78, 5) is 8.62. The van der Waals surface area contributed by atoms with Crippen LogP contribution in [-0.2, 0) is 6.42 Å². The Morgan fingerprint density at radius 3 is 2.52 bits per heavy atom. The molecule has 0 atom stereocenters. The van der Waals surface area contributed by atoms with E-state index in [0.29, 0.717) is 16.6 Å². The Bertz CT molecular complexity index is 852. The highest BCUT2D eigenvalue weighted by atomic mass is 35.5. The number of rotatable bonds is 6. The molecule has 0 aliphatic heterocycles. The third-order valence-corrected chi connectivity index (χ3v) is 4.07. The van der Waals surface area contributed by atoms with Crippen LogP contribution in [0.15, 0.2) is 57.9 Å². The molecule has 0 saturated heterocycles. The maximum atomic E-state index is 9.92. The van der Waals surface area contributed by atoms with Crippen LogP contribution in [0.25, 0.3) is 11.5 Å².